The van der Waals surface area contributed by atoms with Crippen LogP contribution in [0.2, 0.25) is 0 Å². The van der Waals surface area contributed by atoms with Crippen LogP contribution in [0.1, 0.15) is 31.9 Å². The third-order valence-corrected chi connectivity index (χ3v) is 5.46. The van der Waals surface area contributed by atoms with Gasteiger partial charge in [0.1, 0.15) is 0 Å². The molecule has 0 aliphatic heterocycles. The zero-order valence-electron chi connectivity index (χ0n) is 16.9. The van der Waals surface area contributed by atoms with Crippen LogP contribution in [0.25, 0.3) is 21.7 Å². The fourth-order valence-corrected chi connectivity index (χ4v) is 4.05. The fraction of sp³-hybridized carbons (Fsp3) is 0.200. The maximum absolute atomic E-state index is 4.89. The number of para-hydroxylation sites is 1. The molecule has 1 aliphatic rings. The molecule has 29 heavy (non-hydrogen) atoms. The zero-order valence-corrected chi connectivity index (χ0v) is 20.0. The van der Waals surface area contributed by atoms with Gasteiger partial charge in [0, 0.05) is 5.92 Å². The molecule has 4 heteroatoms. The van der Waals surface area contributed by atoms with E-state index in [1.54, 1.807) is 0 Å². The Morgan fingerprint density at radius 1 is 0.828 bits per heavy atom. The molecule has 0 saturated heterocycles. The van der Waals surface area contributed by atoms with Crippen LogP contribution < -0.4 is 24.8 Å². The van der Waals surface area contributed by atoms with E-state index in [0.717, 1.165) is 5.69 Å². The third kappa shape index (κ3) is 5.16. The van der Waals surface area contributed by atoms with Gasteiger partial charge in [-0.05, 0) is 41.3 Å². The largest absolute Gasteiger partial charge is 3.00 e. The fourth-order valence-electron chi connectivity index (χ4n) is 4.05. The summed E-state index contributed by atoms with van der Waals surface area (Å²) in [5.41, 5.74) is 7.97. The molecule has 0 heterocycles. The Morgan fingerprint density at radius 3 is 2.14 bits per heavy atom. The number of nitrogens with zero attached hydrogens (tertiary/aromatic N) is 1. The topological polar surface area (TPSA) is 14.1 Å². The van der Waals surface area contributed by atoms with Crippen molar-refractivity contribution in [2.75, 3.05) is 0 Å². The van der Waals surface area contributed by atoms with E-state index in [4.69, 9.17) is 5.32 Å². The summed E-state index contributed by atoms with van der Waals surface area (Å²) in [4.78, 5) is 0. The second kappa shape index (κ2) is 11.0. The van der Waals surface area contributed by atoms with Gasteiger partial charge in [-0.25, -0.2) is 0 Å². The first-order chi connectivity index (χ1) is 12.6. The Bertz CT molecular complexity index is 1030. The van der Waals surface area contributed by atoms with E-state index in [1.165, 1.54) is 38.6 Å². The summed E-state index contributed by atoms with van der Waals surface area (Å²) in [6, 6.07) is 23.4. The van der Waals surface area contributed by atoms with Gasteiger partial charge in [0.15, 0.2) is 0 Å². The predicted octanol–water partition coefficient (Wildman–Crippen LogP) is 1.42. The average molecular weight is 457 g/mol. The molecular weight excluding hydrogens is 433 g/mol. The Labute approximate surface area is 201 Å². The van der Waals surface area contributed by atoms with Crippen molar-refractivity contribution in [3.8, 4) is 0 Å². The molecule has 1 aliphatic carbocycles. The van der Waals surface area contributed by atoms with Crippen LogP contribution in [0.15, 0.2) is 84.0 Å². The molecule has 0 spiro atoms. The van der Waals surface area contributed by atoms with Crippen LogP contribution in [0.3, 0.4) is 0 Å². The molecule has 4 rings (SSSR count). The van der Waals surface area contributed by atoms with Crippen molar-refractivity contribution in [3.63, 3.8) is 0 Å². The van der Waals surface area contributed by atoms with Gasteiger partial charge in [-0.15, -0.1) is 12.2 Å². The Morgan fingerprint density at radius 2 is 1.48 bits per heavy atom. The quantitative estimate of drug-likeness (QED) is 0.527. The number of fused-ring (bicyclic) bond motifs is 1. The van der Waals surface area contributed by atoms with E-state index >= 15 is 0 Å². The van der Waals surface area contributed by atoms with Gasteiger partial charge in [0.2, 0.25) is 0 Å². The standard InChI is InChI=1S/C25H24N.2ClH.Ti/c1-17-15-18(2)25(19(17)3)23-14-13-20-9-7-8-12-22(20)24(23)16-26-21-10-5-4-6-11-21;;;/h4-15,18H,16H2,1-3H3;2*1H;/q-1;;;+3/p-2. The van der Waals surface area contributed by atoms with E-state index in [9.17, 15) is 0 Å². The zero-order chi connectivity index (χ0) is 18.1. The minimum absolute atomic E-state index is 0. The van der Waals surface area contributed by atoms with E-state index in [-0.39, 0.29) is 46.5 Å². The molecule has 0 N–H and O–H groups in total. The summed E-state index contributed by atoms with van der Waals surface area (Å²) in [5.74, 6) is 0.451. The van der Waals surface area contributed by atoms with Crippen LogP contribution in [0, 0.1) is 5.92 Å². The van der Waals surface area contributed by atoms with Gasteiger partial charge in [-0.3, -0.25) is 0 Å². The Kier molecular flexibility index (Phi) is 9.72. The predicted molar refractivity (Wildman–Crippen MR) is 113 cm³/mol. The number of allylic oxidation sites excluding steroid dienone is 4. The number of halogens is 2. The van der Waals surface area contributed by atoms with Gasteiger partial charge >= 0.3 is 21.7 Å². The van der Waals surface area contributed by atoms with E-state index < -0.39 is 0 Å². The number of hydrogen-bond acceptors (Lipinski definition) is 0. The van der Waals surface area contributed by atoms with Crippen molar-refractivity contribution in [3.05, 3.63) is 100 Å². The van der Waals surface area contributed by atoms with Crippen LogP contribution in [-0.4, -0.2) is 0 Å². The van der Waals surface area contributed by atoms with Crippen molar-refractivity contribution in [2.45, 2.75) is 27.3 Å². The first-order valence-electron chi connectivity index (χ1n) is 9.28. The average Bonchev–Trinajstić information content (AvgIpc) is 2.92. The van der Waals surface area contributed by atoms with Crippen molar-refractivity contribution in [1.82, 2.24) is 0 Å². The second-order valence-corrected chi connectivity index (χ2v) is 7.14. The van der Waals surface area contributed by atoms with Crippen LogP contribution >= 0.6 is 0 Å². The first kappa shape index (κ1) is 25.5. The van der Waals surface area contributed by atoms with Gasteiger partial charge < -0.3 is 30.1 Å². The molecule has 1 unspecified atom stereocenters. The molecule has 1 radical (unpaired) electrons. The van der Waals surface area contributed by atoms with Crippen molar-refractivity contribution < 1.29 is 46.5 Å². The maximum Gasteiger partial charge on any atom is 3.00 e. The molecular formula is C25H24Cl2NTi. The molecule has 0 fully saturated rings. The summed E-state index contributed by atoms with van der Waals surface area (Å²) < 4.78 is 0. The third-order valence-electron chi connectivity index (χ3n) is 5.46. The minimum Gasteiger partial charge on any atom is -1.00 e. The Balaban J connectivity index is 0.00000140. The van der Waals surface area contributed by atoms with Gasteiger partial charge in [0.05, 0.1) is 0 Å². The number of benzene rings is 3. The normalized spacial score (nSPS) is 15.1. The minimum atomic E-state index is 0. The molecule has 147 valence electrons. The molecule has 0 aromatic heterocycles. The summed E-state index contributed by atoms with van der Waals surface area (Å²) in [7, 11) is 0. The smallest absolute Gasteiger partial charge is 1.00 e. The number of hydrogen-bond donors (Lipinski definition) is 0. The van der Waals surface area contributed by atoms with Crippen molar-refractivity contribution >= 4 is 22.0 Å². The van der Waals surface area contributed by atoms with E-state index in [0.29, 0.717) is 12.5 Å². The molecule has 3 aromatic carbocycles. The van der Waals surface area contributed by atoms with Gasteiger partial charge in [-0.1, -0.05) is 90.9 Å². The molecule has 1 nitrogen and oxygen atoms in total. The molecule has 3 aromatic rings. The summed E-state index contributed by atoms with van der Waals surface area (Å²) in [6.45, 7) is 7.46. The van der Waals surface area contributed by atoms with Crippen LogP contribution in [0.4, 0.5) is 5.69 Å². The molecule has 0 saturated carbocycles. The van der Waals surface area contributed by atoms with E-state index in [2.05, 4.69) is 75.4 Å². The SMILES string of the molecule is CC1=CC(C)C(c2ccc3ccccc3c2C[N-]c2ccccc2)=C1C.[Cl-].[Cl-].[Ti+3]. The summed E-state index contributed by atoms with van der Waals surface area (Å²) >= 11 is 0. The first-order valence-corrected chi connectivity index (χ1v) is 9.28. The molecule has 0 amide bonds. The van der Waals surface area contributed by atoms with Gasteiger partial charge in [0.25, 0.3) is 0 Å². The molecule has 1 atom stereocenters. The van der Waals surface area contributed by atoms with Gasteiger partial charge in [-0.2, -0.15) is 0 Å². The Hall–Kier alpha value is -1.51. The van der Waals surface area contributed by atoms with Crippen LogP contribution in [-0.2, 0) is 28.3 Å². The number of rotatable bonds is 4. The maximum atomic E-state index is 4.89. The van der Waals surface area contributed by atoms with Crippen LogP contribution in [0.5, 0.6) is 0 Å². The van der Waals surface area contributed by atoms with E-state index in [1.807, 2.05) is 18.2 Å². The second-order valence-electron chi connectivity index (χ2n) is 7.14. The van der Waals surface area contributed by atoms with Crippen molar-refractivity contribution in [1.29, 1.82) is 0 Å². The summed E-state index contributed by atoms with van der Waals surface area (Å²) in [5, 5.41) is 7.48. The summed E-state index contributed by atoms with van der Waals surface area (Å²) in [6.07, 6.45) is 2.37. The van der Waals surface area contributed by atoms with Crippen molar-refractivity contribution in [2.24, 2.45) is 5.92 Å². The molecule has 0 bridgehead atoms. The monoisotopic (exact) mass is 456 g/mol.